The van der Waals surface area contributed by atoms with Gasteiger partial charge in [0.05, 0.1) is 22.4 Å². The summed E-state index contributed by atoms with van der Waals surface area (Å²) in [4.78, 5) is 4.60. The Labute approximate surface area is 206 Å². The highest BCUT2D eigenvalue weighted by atomic mass is 19.1. The molecule has 35 heavy (non-hydrogen) atoms. The number of anilines is 2. The Hall–Kier alpha value is -3.26. The molecule has 0 spiro atoms. The van der Waals surface area contributed by atoms with E-state index in [1.165, 1.54) is 30.2 Å². The van der Waals surface area contributed by atoms with Crippen molar-refractivity contribution >= 4 is 33.9 Å². The average molecular weight is 486 g/mol. The number of H-pyrrole nitrogens is 1. The fraction of sp³-hybridized carbons (Fsp3) is 0.407. The molecule has 8 heteroatoms. The molecule has 0 bridgehead atoms. The summed E-state index contributed by atoms with van der Waals surface area (Å²) >= 11 is 0. The van der Waals surface area contributed by atoms with Crippen LogP contribution in [0, 0.1) is 36.3 Å². The van der Waals surface area contributed by atoms with E-state index in [9.17, 15) is 4.39 Å². The van der Waals surface area contributed by atoms with E-state index >= 15 is 4.39 Å². The van der Waals surface area contributed by atoms with E-state index in [-0.39, 0.29) is 23.8 Å². The summed E-state index contributed by atoms with van der Waals surface area (Å²) in [6.45, 7) is 15.2. The molecule has 1 aliphatic heterocycles. The summed E-state index contributed by atoms with van der Waals surface area (Å²) < 4.78 is 35.1. The summed E-state index contributed by atoms with van der Waals surface area (Å²) in [7, 11) is 1.48. The van der Waals surface area contributed by atoms with Crippen LogP contribution in [-0.2, 0) is 4.74 Å². The minimum Gasteiger partial charge on any atom is -0.377 e. The SMILES string of the molecule is CC.CC.COCC(=N)N1C(=N)C(C)(C)Nc2cc(F)c(-c3cc(F)cc4c(C)c[nH]c34)c(C)c21. The van der Waals surface area contributed by atoms with Gasteiger partial charge in [-0.2, -0.15) is 0 Å². The van der Waals surface area contributed by atoms with Crippen LogP contribution in [0.1, 0.15) is 52.7 Å². The van der Waals surface area contributed by atoms with Crippen molar-refractivity contribution in [3.63, 3.8) is 0 Å². The first kappa shape index (κ1) is 28.0. The predicted molar refractivity (Wildman–Crippen MR) is 143 cm³/mol. The predicted octanol–water partition coefficient (Wildman–Crippen LogP) is 7.39. The molecule has 6 nitrogen and oxygen atoms in total. The second-order valence-corrected chi connectivity index (χ2v) is 8.42. The van der Waals surface area contributed by atoms with Crippen molar-refractivity contribution in [2.45, 2.75) is 60.9 Å². The Morgan fingerprint density at radius 3 is 2.31 bits per heavy atom. The molecule has 0 atom stereocenters. The lowest BCUT2D eigenvalue weighted by molar-refractivity contribution is 0.244. The maximum atomic E-state index is 15.5. The van der Waals surface area contributed by atoms with Crippen LogP contribution in [0.25, 0.3) is 22.0 Å². The third-order valence-corrected chi connectivity index (χ3v) is 5.76. The molecule has 4 rings (SSSR count). The maximum Gasteiger partial charge on any atom is 0.133 e. The molecule has 190 valence electrons. The van der Waals surface area contributed by atoms with E-state index in [0.717, 1.165) is 5.56 Å². The standard InChI is InChI=1S/C23H25F2N5O.2C2H6/c1-11-9-28-20-14(11)6-13(24)7-15(20)19-12(2)21-17(8-16(19)25)29-23(3,4)22(27)30(21)18(26)10-31-5;2*1-2/h6-9,26-29H,10H2,1-5H3;2*1-2H3. The fourth-order valence-corrected chi connectivity index (χ4v) is 4.27. The summed E-state index contributed by atoms with van der Waals surface area (Å²) in [6.07, 6.45) is 1.76. The molecule has 0 fully saturated rings. The zero-order valence-corrected chi connectivity index (χ0v) is 22.1. The molecule has 2 aromatic carbocycles. The van der Waals surface area contributed by atoms with E-state index in [1.807, 2.05) is 34.6 Å². The molecule has 1 aromatic heterocycles. The van der Waals surface area contributed by atoms with Gasteiger partial charge >= 0.3 is 0 Å². The van der Waals surface area contributed by atoms with Crippen LogP contribution in [-0.4, -0.2) is 35.9 Å². The third kappa shape index (κ3) is 4.93. The molecule has 4 N–H and O–H groups in total. The Morgan fingerprint density at radius 2 is 1.71 bits per heavy atom. The molecular formula is C27H37F2N5O. The lowest BCUT2D eigenvalue weighted by Crippen LogP contribution is -2.56. The maximum absolute atomic E-state index is 15.5. The van der Waals surface area contributed by atoms with Gasteiger partial charge in [0, 0.05) is 29.8 Å². The molecule has 2 heterocycles. The summed E-state index contributed by atoms with van der Waals surface area (Å²) in [5.41, 5.74) is 2.77. The van der Waals surface area contributed by atoms with E-state index in [1.54, 1.807) is 27.0 Å². The van der Waals surface area contributed by atoms with Crippen molar-refractivity contribution in [1.82, 2.24) is 4.98 Å². The number of rotatable bonds is 3. The largest absolute Gasteiger partial charge is 0.377 e. The molecule has 0 unspecified atom stereocenters. The van der Waals surface area contributed by atoms with Crippen LogP contribution in [0.15, 0.2) is 24.4 Å². The molecule has 1 aliphatic rings. The van der Waals surface area contributed by atoms with Gasteiger partial charge in [0.25, 0.3) is 0 Å². The van der Waals surface area contributed by atoms with Crippen LogP contribution in [0.2, 0.25) is 0 Å². The van der Waals surface area contributed by atoms with Gasteiger partial charge in [0.1, 0.15) is 29.9 Å². The number of benzene rings is 2. The van der Waals surface area contributed by atoms with E-state index in [4.69, 9.17) is 15.6 Å². The Kier molecular flexibility index (Phi) is 8.79. The molecule has 0 amide bonds. The number of ether oxygens (including phenoxy) is 1. The number of methoxy groups -OCH3 is 1. The quantitative estimate of drug-likeness (QED) is 0.230. The summed E-state index contributed by atoms with van der Waals surface area (Å²) in [5, 5.41) is 21.1. The Bertz CT molecular complexity index is 1250. The third-order valence-electron chi connectivity index (χ3n) is 5.76. The number of aromatic nitrogens is 1. The number of aromatic amines is 1. The van der Waals surface area contributed by atoms with Gasteiger partial charge in [-0.25, -0.2) is 8.78 Å². The van der Waals surface area contributed by atoms with Gasteiger partial charge < -0.3 is 15.0 Å². The van der Waals surface area contributed by atoms with Crippen LogP contribution in [0.5, 0.6) is 0 Å². The highest BCUT2D eigenvalue weighted by Crippen LogP contribution is 2.45. The molecule has 0 saturated heterocycles. The van der Waals surface area contributed by atoms with Crippen molar-refractivity contribution in [1.29, 1.82) is 10.8 Å². The van der Waals surface area contributed by atoms with Crippen molar-refractivity contribution in [2.75, 3.05) is 23.9 Å². The van der Waals surface area contributed by atoms with Gasteiger partial charge in [0.15, 0.2) is 0 Å². The second-order valence-electron chi connectivity index (χ2n) is 8.42. The van der Waals surface area contributed by atoms with Crippen molar-refractivity contribution in [3.8, 4) is 11.1 Å². The van der Waals surface area contributed by atoms with Gasteiger partial charge in [-0.05, 0) is 57.0 Å². The molecular weight excluding hydrogens is 448 g/mol. The molecule has 3 aromatic rings. The van der Waals surface area contributed by atoms with Gasteiger partial charge in [-0.15, -0.1) is 0 Å². The van der Waals surface area contributed by atoms with Crippen molar-refractivity contribution < 1.29 is 13.5 Å². The normalized spacial score (nSPS) is 13.8. The fourth-order valence-electron chi connectivity index (χ4n) is 4.27. The smallest absolute Gasteiger partial charge is 0.133 e. The Morgan fingerprint density at radius 1 is 1.09 bits per heavy atom. The second kappa shape index (κ2) is 11.0. The minimum atomic E-state index is -0.823. The van der Waals surface area contributed by atoms with Crippen LogP contribution >= 0.6 is 0 Å². The van der Waals surface area contributed by atoms with Crippen LogP contribution < -0.4 is 10.2 Å². The average Bonchev–Trinajstić information content (AvgIpc) is 3.18. The lowest BCUT2D eigenvalue weighted by atomic mass is 9.90. The van der Waals surface area contributed by atoms with Gasteiger partial charge in [0.2, 0.25) is 0 Å². The van der Waals surface area contributed by atoms with Crippen LogP contribution in [0.3, 0.4) is 0 Å². The van der Waals surface area contributed by atoms with Gasteiger partial charge in [-0.3, -0.25) is 15.7 Å². The molecule has 0 saturated carbocycles. The van der Waals surface area contributed by atoms with Crippen molar-refractivity contribution in [2.24, 2.45) is 0 Å². The van der Waals surface area contributed by atoms with E-state index < -0.39 is 17.2 Å². The van der Waals surface area contributed by atoms with E-state index in [0.29, 0.717) is 33.4 Å². The van der Waals surface area contributed by atoms with Gasteiger partial charge in [-0.1, -0.05) is 27.7 Å². The number of aryl methyl sites for hydroxylation is 1. The summed E-state index contributed by atoms with van der Waals surface area (Å²) in [5.74, 6) is -0.769. The first-order valence-corrected chi connectivity index (χ1v) is 11.9. The first-order valence-electron chi connectivity index (χ1n) is 11.9. The van der Waals surface area contributed by atoms with E-state index in [2.05, 4.69) is 10.3 Å². The number of nitrogens with zero attached hydrogens (tertiary/aromatic N) is 1. The van der Waals surface area contributed by atoms with Crippen molar-refractivity contribution in [3.05, 3.63) is 47.2 Å². The number of hydrogen-bond acceptors (Lipinski definition) is 4. The highest BCUT2D eigenvalue weighted by molar-refractivity contribution is 6.25. The lowest BCUT2D eigenvalue weighted by Gasteiger charge is -2.43. The number of fused-ring (bicyclic) bond motifs is 2. The summed E-state index contributed by atoms with van der Waals surface area (Å²) in [6, 6.07) is 4.09. The monoisotopic (exact) mass is 485 g/mol. The minimum absolute atomic E-state index is 0.00984. The number of hydrogen-bond donors (Lipinski definition) is 4. The highest BCUT2D eigenvalue weighted by Gasteiger charge is 2.39. The zero-order valence-electron chi connectivity index (χ0n) is 22.1. The topological polar surface area (TPSA) is 88.0 Å². The Balaban J connectivity index is 0.00000103. The number of nitrogens with one attached hydrogen (secondary N) is 4. The van der Waals surface area contributed by atoms with Crippen LogP contribution in [0.4, 0.5) is 20.2 Å². The molecule has 0 radical (unpaired) electrons. The molecule has 0 aliphatic carbocycles. The first-order chi connectivity index (χ1) is 16.6. The number of halogens is 2. The zero-order chi connectivity index (χ0) is 26.7. The number of amidine groups is 2.